The van der Waals surface area contributed by atoms with Crippen LogP contribution in [0.2, 0.25) is 0 Å². The van der Waals surface area contributed by atoms with Crippen LogP contribution in [0, 0.1) is 5.92 Å². The summed E-state index contributed by atoms with van der Waals surface area (Å²) in [5, 5.41) is 9.44. The monoisotopic (exact) mass is 254 g/mol. The third kappa shape index (κ3) is 1.75. The van der Waals surface area contributed by atoms with Crippen LogP contribution in [-0.4, -0.2) is 24.9 Å². The highest BCUT2D eigenvalue weighted by Crippen LogP contribution is 2.50. The Labute approximate surface area is 105 Å². The van der Waals surface area contributed by atoms with Crippen molar-refractivity contribution < 1.29 is 18.6 Å². The Morgan fingerprint density at radius 2 is 2.06 bits per heavy atom. The van der Waals surface area contributed by atoms with Gasteiger partial charge in [-0.2, -0.15) is 0 Å². The summed E-state index contributed by atoms with van der Waals surface area (Å²) in [6.45, 7) is 0.745. The maximum Gasteiger partial charge on any atom is 0.276 e. The van der Waals surface area contributed by atoms with Gasteiger partial charge in [0.25, 0.3) is 5.92 Å². The highest BCUT2D eigenvalue weighted by molar-refractivity contribution is 5.35. The molecule has 2 fully saturated rings. The lowest BCUT2D eigenvalue weighted by atomic mass is 9.78. The van der Waals surface area contributed by atoms with Crippen LogP contribution in [0.4, 0.5) is 8.78 Å². The normalized spacial score (nSPS) is 22.6. The Bertz CT molecular complexity index is 428. The van der Waals surface area contributed by atoms with Crippen LogP contribution in [0.15, 0.2) is 24.3 Å². The van der Waals surface area contributed by atoms with E-state index in [4.69, 9.17) is 4.74 Å². The number of halogens is 2. The van der Waals surface area contributed by atoms with Gasteiger partial charge in [0.15, 0.2) is 0 Å². The number of hydrogen-bond acceptors (Lipinski definition) is 2. The number of hydrogen-bond donors (Lipinski definition) is 1. The van der Waals surface area contributed by atoms with E-state index in [1.165, 1.54) is 12.1 Å². The second-order valence-corrected chi connectivity index (χ2v) is 5.41. The topological polar surface area (TPSA) is 29.5 Å². The van der Waals surface area contributed by atoms with Crippen molar-refractivity contribution in [3.8, 4) is 0 Å². The Morgan fingerprint density at radius 3 is 2.56 bits per heavy atom. The molecule has 0 unspecified atom stereocenters. The Balaban J connectivity index is 1.94. The fourth-order valence-corrected chi connectivity index (χ4v) is 2.44. The quantitative estimate of drug-likeness (QED) is 0.894. The predicted molar refractivity (Wildman–Crippen MR) is 62.6 cm³/mol. The molecule has 2 nitrogen and oxygen atoms in total. The van der Waals surface area contributed by atoms with E-state index in [1.807, 2.05) is 0 Å². The van der Waals surface area contributed by atoms with Gasteiger partial charge in [-0.25, -0.2) is 8.78 Å². The SMILES string of the molecule is OCC1(c2cccc(C(F)(F)C3CC3)c2)COC1. The summed E-state index contributed by atoms with van der Waals surface area (Å²) < 4.78 is 33.2. The summed E-state index contributed by atoms with van der Waals surface area (Å²) >= 11 is 0. The zero-order valence-electron chi connectivity index (χ0n) is 10.0. The molecule has 98 valence electrons. The van der Waals surface area contributed by atoms with E-state index in [9.17, 15) is 13.9 Å². The van der Waals surface area contributed by atoms with E-state index in [0.717, 1.165) is 5.56 Å². The highest BCUT2D eigenvalue weighted by Gasteiger charge is 2.48. The average Bonchev–Trinajstić information content (AvgIpc) is 3.13. The van der Waals surface area contributed by atoms with Crippen LogP contribution in [0.3, 0.4) is 0 Å². The molecule has 0 spiro atoms. The Kier molecular flexibility index (Phi) is 2.68. The fraction of sp³-hybridized carbons (Fsp3) is 0.571. The molecule has 18 heavy (non-hydrogen) atoms. The summed E-state index contributed by atoms with van der Waals surface area (Å²) in [6.07, 6.45) is 1.21. The molecule has 1 heterocycles. The maximum atomic E-state index is 14.0. The van der Waals surface area contributed by atoms with Gasteiger partial charge in [0, 0.05) is 11.5 Å². The van der Waals surface area contributed by atoms with E-state index in [-0.39, 0.29) is 12.2 Å². The molecule has 0 radical (unpaired) electrons. The van der Waals surface area contributed by atoms with Gasteiger partial charge in [-0.15, -0.1) is 0 Å². The first-order chi connectivity index (χ1) is 8.58. The van der Waals surface area contributed by atoms with Gasteiger partial charge < -0.3 is 9.84 Å². The summed E-state index contributed by atoms with van der Waals surface area (Å²) in [6, 6.07) is 6.46. The number of benzene rings is 1. The summed E-state index contributed by atoms with van der Waals surface area (Å²) in [7, 11) is 0. The third-order valence-electron chi connectivity index (χ3n) is 4.01. The van der Waals surface area contributed by atoms with Gasteiger partial charge in [-0.3, -0.25) is 0 Å². The minimum Gasteiger partial charge on any atom is -0.395 e. The molecule has 0 amide bonds. The second kappa shape index (κ2) is 4.00. The van der Waals surface area contributed by atoms with Crippen LogP contribution in [0.1, 0.15) is 24.0 Å². The first kappa shape index (κ1) is 12.1. The first-order valence-corrected chi connectivity index (χ1v) is 6.26. The van der Waals surface area contributed by atoms with Crippen molar-refractivity contribution >= 4 is 0 Å². The van der Waals surface area contributed by atoms with Gasteiger partial charge in [0.1, 0.15) is 0 Å². The van der Waals surface area contributed by atoms with Gasteiger partial charge in [-0.05, 0) is 24.5 Å². The average molecular weight is 254 g/mol. The van der Waals surface area contributed by atoms with E-state index in [0.29, 0.717) is 26.1 Å². The first-order valence-electron chi connectivity index (χ1n) is 6.26. The lowest BCUT2D eigenvalue weighted by molar-refractivity contribution is -0.0846. The number of aliphatic hydroxyl groups excluding tert-OH is 1. The molecule has 1 N–H and O–H groups in total. The third-order valence-corrected chi connectivity index (χ3v) is 4.01. The number of alkyl halides is 2. The predicted octanol–water partition coefficient (Wildman–Crippen LogP) is 2.45. The van der Waals surface area contributed by atoms with Crippen LogP contribution in [-0.2, 0) is 16.1 Å². The summed E-state index contributed by atoms with van der Waals surface area (Å²) in [4.78, 5) is 0. The van der Waals surface area contributed by atoms with Crippen molar-refractivity contribution in [2.75, 3.05) is 19.8 Å². The van der Waals surface area contributed by atoms with Gasteiger partial charge in [-0.1, -0.05) is 18.2 Å². The molecule has 1 saturated carbocycles. The van der Waals surface area contributed by atoms with Crippen LogP contribution in [0.5, 0.6) is 0 Å². The molecular weight excluding hydrogens is 238 g/mol. The Morgan fingerprint density at radius 1 is 1.33 bits per heavy atom. The molecule has 0 aromatic heterocycles. The Hall–Kier alpha value is -1.00. The fourth-order valence-electron chi connectivity index (χ4n) is 2.44. The lowest BCUT2D eigenvalue weighted by Crippen LogP contribution is -2.49. The molecule has 1 saturated heterocycles. The number of ether oxygens (including phenoxy) is 1. The molecule has 1 aliphatic carbocycles. The van der Waals surface area contributed by atoms with Crippen molar-refractivity contribution in [2.45, 2.75) is 24.2 Å². The molecule has 0 bridgehead atoms. The molecule has 2 aliphatic rings. The second-order valence-electron chi connectivity index (χ2n) is 5.41. The van der Waals surface area contributed by atoms with Crippen molar-refractivity contribution in [1.29, 1.82) is 0 Å². The molecular formula is C14H16F2O2. The number of rotatable bonds is 4. The number of aliphatic hydroxyl groups is 1. The van der Waals surface area contributed by atoms with Gasteiger partial charge in [0.05, 0.1) is 25.2 Å². The largest absolute Gasteiger partial charge is 0.395 e. The maximum absolute atomic E-state index is 14.0. The molecule has 3 rings (SSSR count). The minimum absolute atomic E-state index is 0.0640. The minimum atomic E-state index is -2.74. The molecule has 1 aliphatic heterocycles. The van der Waals surface area contributed by atoms with E-state index in [1.54, 1.807) is 12.1 Å². The van der Waals surface area contributed by atoms with Crippen molar-refractivity contribution in [2.24, 2.45) is 5.92 Å². The summed E-state index contributed by atoms with van der Waals surface area (Å²) in [5.74, 6) is -3.24. The smallest absolute Gasteiger partial charge is 0.276 e. The van der Waals surface area contributed by atoms with E-state index < -0.39 is 17.3 Å². The zero-order valence-corrected chi connectivity index (χ0v) is 10.0. The standard InChI is InChI=1S/C14H16F2O2/c15-14(16,10-4-5-10)12-3-1-2-11(6-12)13(7-17)8-18-9-13/h1-3,6,10,17H,4-5,7-9H2. The van der Waals surface area contributed by atoms with Crippen LogP contribution >= 0.6 is 0 Å². The van der Waals surface area contributed by atoms with Crippen molar-refractivity contribution in [1.82, 2.24) is 0 Å². The molecule has 1 aromatic carbocycles. The van der Waals surface area contributed by atoms with Crippen LogP contribution in [0.25, 0.3) is 0 Å². The van der Waals surface area contributed by atoms with E-state index >= 15 is 0 Å². The van der Waals surface area contributed by atoms with Gasteiger partial charge in [0.2, 0.25) is 0 Å². The lowest BCUT2D eigenvalue weighted by Gasteiger charge is -2.40. The van der Waals surface area contributed by atoms with Crippen molar-refractivity contribution in [3.05, 3.63) is 35.4 Å². The summed E-state index contributed by atoms with van der Waals surface area (Å²) in [5.41, 5.74) is 0.353. The molecule has 0 atom stereocenters. The van der Waals surface area contributed by atoms with E-state index in [2.05, 4.69) is 0 Å². The highest BCUT2D eigenvalue weighted by atomic mass is 19.3. The molecule has 4 heteroatoms. The van der Waals surface area contributed by atoms with Crippen LogP contribution < -0.4 is 0 Å². The van der Waals surface area contributed by atoms with Crippen molar-refractivity contribution in [3.63, 3.8) is 0 Å². The van der Waals surface area contributed by atoms with Gasteiger partial charge >= 0.3 is 0 Å². The molecule has 1 aromatic rings. The zero-order chi connectivity index (χ0) is 12.8.